The summed E-state index contributed by atoms with van der Waals surface area (Å²) in [4.78, 5) is 11.6. The molecule has 35 heavy (non-hydrogen) atoms. The number of aliphatic hydroxyl groups is 1. The van der Waals surface area contributed by atoms with E-state index in [1.807, 2.05) is 11.8 Å². The van der Waals surface area contributed by atoms with Crippen LogP contribution in [0.2, 0.25) is 0 Å². The van der Waals surface area contributed by atoms with Crippen LogP contribution in [-0.4, -0.2) is 23.5 Å². The molecule has 0 unspecified atom stereocenters. The first-order valence-electron chi connectivity index (χ1n) is 13.3. The maximum Gasteiger partial charge on any atom is 0.146 e. The first-order chi connectivity index (χ1) is 16.3. The summed E-state index contributed by atoms with van der Waals surface area (Å²) in [5.41, 5.74) is 11.6. The van der Waals surface area contributed by atoms with E-state index < -0.39 is 6.04 Å². The van der Waals surface area contributed by atoms with Gasteiger partial charge in [0, 0.05) is 6.61 Å². The van der Waals surface area contributed by atoms with Crippen molar-refractivity contribution in [2.45, 2.75) is 117 Å². The third kappa shape index (κ3) is 9.55. The van der Waals surface area contributed by atoms with Crippen molar-refractivity contribution in [3.05, 3.63) is 51.8 Å². The number of Topliss-reactive ketones (excluding diaryl/α,β-unsaturated/α-hetero) is 1. The number of carbonyl (C=O) groups is 1. The molecule has 0 spiro atoms. The number of nitrogens with two attached hydrogens (primary N) is 1. The molecule has 1 aliphatic carbocycles. The van der Waals surface area contributed by atoms with Gasteiger partial charge in [0.2, 0.25) is 0 Å². The summed E-state index contributed by atoms with van der Waals surface area (Å²) in [6, 6.07) is 6.70. The number of allylic oxidation sites excluding steroid dienone is 2. The highest BCUT2D eigenvalue weighted by atomic mass is 32.2. The zero-order valence-corrected chi connectivity index (χ0v) is 24.5. The lowest BCUT2D eigenvalue weighted by molar-refractivity contribution is -0.118. The minimum absolute atomic E-state index is 0.0131. The maximum atomic E-state index is 10.3. The molecule has 1 aromatic rings. The van der Waals surface area contributed by atoms with E-state index in [0.29, 0.717) is 12.3 Å². The predicted octanol–water partition coefficient (Wildman–Crippen LogP) is 8.14. The first kappa shape index (κ1) is 31.7. The first-order valence-corrected chi connectivity index (χ1v) is 14.2. The Hall–Kier alpha value is -1.36. The second-order valence-electron chi connectivity index (χ2n) is 11.4. The summed E-state index contributed by atoms with van der Waals surface area (Å²) in [6.07, 6.45) is 7.90. The fourth-order valence-corrected chi connectivity index (χ4v) is 5.56. The molecule has 0 aliphatic heterocycles. The van der Waals surface area contributed by atoms with Gasteiger partial charge in [-0.3, -0.25) is 4.79 Å². The van der Waals surface area contributed by atoms with Crippen LogP contribution >= 0.6 is 11.8 Å². The van der Waals surface area contributed by atoms with Crippen molar-refractivity contribution in [1.29, 1.82) is 0 Å². The molecule has 0 saturated heterocycles. The topological polar surface area (TPSA) is 63.3 Å². The van der Waals surface area contributed by atoms with E-state index in [4.69, 9.17) is 10.8 Å². The Morgan fingerprint density at radius 3 is 2.06 bits per heavy atom. The van der Waals surface area contributed by atoms with Gasteiger partial charge in [-0.25, -0.2) is 0 Å². The Labute approximate surface area is 220 Å². The van der Waals surface area contributed by atoms with E-state index >= 15 is 0 Å². The number of ketones is 1. The molecule has 3 N–H and O–H groups in total. The highest BCUT2D eigenvalue weighted by Crippen LogP contribution is 2.46. The number of benzene rings is 1. The third-order valence-corrected chi connectivity index (χ3v) is 8.49. The summed E-state index contributed by atoms with van der Waals surface area (Å²) in [6.45, 7) is 22.2. The second-order valence-corrected chi connectivity index (χ2v) is 12.4. The minimum Gasteiger partial charge on any atom is -0.396 e. The van der Waals surface area contributed by atoms with Gasteiger partial charge in [0.25, 0.3) is 0 Å². The van der Waals surface area contributed by atoms with Crippen molar-refractivity contribution in [3.63, 3.8) is 0 Å². The van der Waals surface area contributed by atoms with Crippen LogP contribution in [0.15, 0.2) is 35.1 Å². The Kier molecular flexibility index (Phi) is 13.0. The van der Waals surface area contributed by atoms with Gasteiger partial charge in [0.05, 0.1) is 6.04 Å². The number of thioether (sulfide) groups is 1. The largest absolute Gasteiger partial charge is 0.396 e. The van der Waals surface area contributed by atoms with Crippen molar-refractivity contribution in [1.82, 2.24) is 0 Å². The fourth-order valence-electron chi connectivity index (χ4n) is 4.67. The Balaban J connectivity index is 0.000000658. The number of aliphatic hydroxyl groups excluding tert-OH is 1. The summed E-state index contributed by atoms with van der Waals surface area (Å²) >= 11 is 1.85. The van der Waals surface area contributed by atoms with E-state index in [1.165, 1.54) is 61.5 Å². The second kappa shape index (κ2) is 14.4. The van der Waals surface area contributed by atoms with Crippen LogP contribution in [0.1, 0.15) is 117 Å². The average Bonchev–Trinajstić information content (AvgIpc) is 2.80. The molecule has 4 heteroatoms. The standard InChI is InChI=1S/C26H40S.C5H11NO2/c1-9-11-21(12-10-2)20(4)27-18-19(3)22-13-14-23-24(17-22)26(7,8)16-15-25(23,5)6;1-4(8)5(6)2-3-7/h13-14,17-18,21H,4,9-12,15-16H2,1-3,5-8H3;5,7H,2-3,6H2,1H3/b19-18+;/t;5-/m.0/s1. The molecule has 198 valence electrons. The highest BCUT2D eigenvalue weighted by Gasteiger charge is 2.36. The molecule has 1 aliphatic rings. The Morgan fingerprint density at radius 2 is 1.60 bits per heavy atom. The van der Waals surface area contributed by atoms with E-state index in [9.17, 15) is 4.79 Å². The highest BCUT2D eigenvalue weighted by molar-refractivity contribution is 8.06. The number of fused-ring (bicyclic) bond motifs is 1. The smallest absolute Gasteiger partial charge is 0.146 e. The van der Waals surface area contributed by atoms with Gasteiger partial charge in [-0.15, -0.1) is 11.8 Å². The van der Waals surface area contributed by atoms with Crippen LogP contribution in [0, 0.1) is 5.92 Å². The number of carbonyl (C=O) groups excluding carboxylic acids is 1. The molecule has 0 saturated carbocycles. The van der Waals surface area contributed by atoms with Crippen LogP contribution in [-0.2, 0) is 15.6 Å². The average molecular weight is 502 g/mol. The Morgan fingerprint density at radius 1 is 1.06 bits per heavy atom. The molecule has 1 atom stereocenters. The van der Waals surface area contributed by atoms with Crippen LogP contribution in [0.5, 0.6) is 0 Å². The number of hydrogen-bond donors (Lipinski definition) is 2. The Bertz CT molecular complexity index is 863. The third-order valence-electron chi connectivity index (χ3n) is 7.39. The lowest BCUT2D eigenvalue weighted by Gasteiger charge is -2.42. The molecular formula is C31H51NO2S. The summed E-state index contributed by atoms with van der Waals surface area (Å²) < 4.78 is 0. The van der Waals surface area contributed by atoms with Gasteiger partial charge >= 0.3 is 0 Å². The maximum absolute atomic E-state index is 10.3. The van der Waals surface area contributed by atoms with Gasteiger partial charge in [-0.05, 0) is 95.3 Å². The zero-order chi connectivity index (χ0) is 26.8. The normalized spacial score (nSPS) is 17.3. The summed E-state index contributed by atoms with van der Waals surface area (Å²) in [5.74, 6) is 0.580. The quantitative estimate of drug-likeness (QED) is 0.321. The van der Waals surface area contributed by atoms with E-state index in [2.05, 4.69) is 78.7 Å². The number of rotatable bonds is 11. The fraction of sp³-hybridized carbons (Fsp3) is 0.645. The molecule has 0 aromatic heterocycles. The van der Waals surface area contributed by atoms with Gasteiger partial charge < -0.3 is 10.8 Å². The summed E-state index contributed by atoms with van der Waals surface area (Å²) in [5, 5.41) is 10.6. The van der Waals surface area contributed by atoms with Crippen molar-refractivity contribution < 1.29 is 9.90 Å². The number of hydrogen-bond acceptors (Lipinski definition) is 4. The molecule has 0 amide bonds. The predicted molar refractivity (Wildman–Crippen MR) is 156 cm³/mol. The van der Waals surface area contributed by atoms with Crippen LogP contribution in [0.25, 0.3) is 5.57 Å². The molecule has 0 fully saturated rings. The monoisotopic (exact) mass is 501 g/mol. The molecule has 0 radical (unpaired) electrons. The van der Waals surface area contributed by atoms with Crippen LogP contribution in [0.3, 0.4) is 0 Å². The molecule has 0 bridgehead atoms. The lowest BCUT2D eigenvalue weighted by atomic mass is 9.63. The van der Waals surface area contributed by atoms with Crippen molar-refractivity contribution in [2.75, 3.05) is 6.61 Å². The van der Waals surface area contributed by atoms with Gasteiger partial charge in [0.15, 0.2) is 0 Å². The molecule has 1 aromatic carbocycles. The molecule has 0 heterocycles. The zero-order valence-electron chi connectivity index (χ0n) is 23.7. The van der Waals surface area contributed by atoms with Gasteiger partial charge in [-0.1, -0.05) is 79.2 Å². The molecular weight excluding hydrogens is 450 g/mol. The van der Waals surface area contributed by atoms with E-state index in [1.54, 1.807) is 11.1 Å². The van der Waals surface area contributed by atoms with Gasteiger partial charge in [-0.2, -0.15) is 0 Å². The van der Waals surface area contributed by atoms with Crippen molar-refractivity contribution in [3.8, 4) is 0 Å². The molecule has 2 rings (SSSR count). The van der Waals surface area contributed by atoms with Crippen molar-refractivity contribution in [2.24, 2.45) is 11.7 Å². The van der Waals surface area contributed by atoms with Gasteiger partial charge in [0.1, 0.15) is 5.78 Å². The minimum atomic E-state index is -0.472. The van der Waals surface area contributed by atoms with Crippen LogP contribution < -0.4 is 5.73 Å². The molecule has 3 nitrogen and oxygen atoms in total. The lowest BCUT2D eigenvalue weighted by Crippen LogP contribution is -2.33. The van der Waals surface area contributed by atoms with Crippen LogP contribution in [0.4, 0.5) is 0 Å². The van der Waals surface area contributed by atoms with E-state index in [-0.39, 0.29) is 23.2 Å². The SMILES string of the molecule is C=C(S/C=C(\C)c1ccc2c(c1)C(C)(C)CCC2(C)C)C(CCC)CCC.CC(=O)[C@@H](N)CCO. The summed E-state index contributed by atoms with van der Waals surface area (Å²) in [7, 11) is 0. The van der Waals surface area contributed by atoms with Crippen molar-refractivity contribution >= 4 is 23.1 Å². The van der Waals surface area contributed by atoms with E-state index in [0.717, 1.165) is 0 Å².